The Labute approximate surface area is 108 Å². The molecular weight excluding hydrogens is 228 g/mol. The van der Waals surface area contributed by atoms with E-state index in [1.165, 1.54) is 19.1 Å². The lowest BCUT2D eigenvalue weighted by Crippen LogP contribution is -2.39. The maximum absolute atomic E-state index is 12.3. The van der Waals surface area contributed by atoms with E-state index >= 15 is 0 Å². The molecule has 0 unspecified atom stereocenters. The molecule has 18 heavy (non-hydrogen) atoms. The molecule has 2 heterocycles. The number of amides is 1. The van der Waals surface area contributed by atoms with Crippen molar-refractivity contribution in [1.29, 1.82) is 0 Å². The number of hydrogen-bond acceptors (Lipinski definition) is 3. The molecule has 2 rings (SSSR count). The molecule has 0 radical (unpaired) electrons. The van der Waals surface area contributed by atoms with Crippen molar-refractivity contribution in [2.45, 2.75) is 26.2 Å². The van der Waals surface area contributed by atoms with Gasteiger partial charge in [0.25, 0.3) is 5.91 Å². The second-order valence-corrected chi connectivity index (χ2v) is 4.96. The molecule has 1 aliphatic rings. The largest absolute Gasteiger partial charge is 0.472 e. The molecule has 0 atom stereocenters. The van der Waals surface area contributed by atoms with Crippen LogP contribution in [-0.4, -0.2) is 37.0 Å². The van der Waals surface area contributed by atoms with Crippen LogP contribution in [0.3, 0.4) is 0 Å². The van der Waals surface area contributed by atoms with Gasteiger partial charge in [-0.15, -0.1) is 0 Å². The molecule has 100 valence electrons. The minimum atomic E-state index is 0.101. The maximum Gasteiger partial charge on any atom is 0.257 e. The number of nitrogens with zero attached hydrogens (tertiary/aromatic N) is 1. The summed E-state index contributed by atoms with van der Waals surface area (Å²) in [6.07, 6.45) is 6.42. The number of nitrogens with one attached hydrogen (secondary N) is 1. The zero-order valence-electron chi connectivity index (χ0n) is 11.0. The molecule has 1 N–H and O–H groups in total. The fourth-order valence-corrected chi connectivity index (χ4v) is 2.49. The Kier molecular flexibility index (Phi) is 4.81. The van der Waals surface area contributed by atoms with Crippen LogP contribution in [0.5, 0.6) is 0 Å². The molecule has 1 aromatic rings. The van der Waals surface area contributed by atoms with Crippen molar-refractivity contribution in [3.05, 3.63) is 24.2 Å². The first-order chi connectivity index (χ1) is 8.81. The third-order valence-electron chi connectivity index (χ3n) is 3.49. The van der Waals surface area contributed by atoms with Crippen molar-refractivity contribution < 1.29 is 9.21 Å². The molecule has 0 saturated carbocycles. The van der Waals surface area contributed by atoms with Crippen LogP contribution in [0.2, 0.25) is 0 Å². The Balaban J connectivity index is 1.96. The minimum Gasteiger partial charge on any atom is -0.472 e. The van der Waals surface area contributed by atoms with E-state index in [9.17, 15) is 4.79 Å². The highest BCUT2D eigenvalue weighted by atomic mass is 16.3. The van der Waals surface area contributed by atoms with Gasteiger partial charge in [0.15, 0.2) is 0 Å². The monoisotopic (exact) mass is 250 g/mol. The molecule has 0 aliphatic carbocycles. The van der Waals surface area contributed by atoms with E-state index in [-0.39, 0.29) is 5.91 Å². The number of furan rings is 1. The molecule has 0 aromatic carbocycles. The first-order valence-electron chi connectivity index (χ1n) is 6.83. The lowest BCUT2D eigenvalue weighted by Gasteiger charge is -2.29. The fraction of sp³-hybridized carbons (Fsp3) is 0.643. The van der Waals surface area contributed by atoms with Crippen LogP contribution in [0.4, 0.5) is 0 Å². The summed E-state index contributed by atoms with van der Waals surface area (Å²) in [4.78, 5) is 14.3. The van der Waals surface area contributed by atoms with E-state index in [2.05, 4.69) is 12.2 Å². The van der Waals surface area contributed by atoms with E-state index in [4.69, 9.17) is 4.42 Å². The van der Waals surface area contributed by atoms with Gasteiger partial charge in [-0.3, -0.25) is 4.79 Å². The fourth-order valence-electron chi connectivity index (χ4n) is 2.49. The quantitative estimate of drug-likeness (QED) is 0.870. The molecule has 1 fully saturated rings. The van der Waals surface area contributed by atoms with Crippen LogP contribution in [0.25, 0.3) is 0 Å². The van der Waals surface area contributed by atoms with Gasteiger partial charge in [-0.05, 0) is 44.3 Å². The SMILES string of the molecule is CCCN(CC1CCNCC1)C(=O)c1ccoc1. The molecule has 1 aromatic heterocycles. The van der Waals surface area contributed by atoms with E-state index in [0.717, 1.165) is 32.6 Å². The van der Waals surface area contributed by atoms with Crippen molar-refractivity contribution in [1.82, 2.24) is 10.2 Å². The third-order valence-corrected chi connectivity index (χ3v) is 3.49. The van der Waals surface area contributed by atoms with Crippen molar-refractivity contribution in [3.8, 4) is 0 Å². The van der Waals surface area contributed by atoms with Gasteiger partial charge in [0, 0.05) is 13.1 Å². The predicted molar refractivity (Wildman–Crippen MR) is 70.5 cm³/mol. The zero-order valence-corrected chi connectivity index (χ0v) is 11.0. The smallest absolute Gasteiger partial charge is 0.257 e. The highest BCUT2D eigenvalue weighted by molar-refractivity contribution is 5.93. The summed E-state index contributed by atoms with van der Waals surface area (Å²) < 4.78 is 5.00. The van der Waals surface area contributed by atoms with Gasteiger partial charge in [-0.25, -0.2) is 0 Å². The average molecular weight is 250 g/mol. The van der Waals surface area contributed by atoms with E-state index in [0.29, 0.717) is 11.5 Å². The van der Waals surface area contributed by atoms with Crippen LogP contribution in [0.15, 0.2) is 23.0 Å². The highest BCUT2D eigenvalue weighted by Gasteiger charge is 2.21. The Hall–Kier alpha value is -1.29. The van der Waals surface area contributed by atoms with Gasteiger partial charge in [-0.2, -0.15) is 0 Å². The van der Waals surface area contributed by atoms with E-state index in [1.807, 2.05) is 4.90 Å². The molecule has 4 nitrogen and oxygen atoms in total. The van der Waals surface area contributed by atoms with Gasteiger partial charge in [0.05, 0.1) is 11.8 Å². The first kappa shape index (κ1) is 13.1. The standard InChI is InChI=1S/C14H22N2O2/c1-2-8-16(10-12-3-6-15-7-4-12)14(17)13-5-9-18-11-13/h5,9,11-12,15H,2-4,6-8,10H2,1H3. The number of hydrogen-bond donors (Lipinski definition) is 1. The van der Waals surface area contributed by atoms with E-state index < -0.39 is 0 Å². The zero-order chi connectivity index (χ0) is 12.8. The molecule has 4 heteroatoms. The summed E-state index contributed by atoms with van der Waals surface area (Å²) in [5.74, 6) is 0.734. The maximum atomic E-state index is 12.3. The Morgan fingerprint density at radius 1 is 1.50 bits per heavy atom. The number of carbonyl (C=O) groups excluding carboxylic acids is 1. The van der Waals surface area contributed by atoms with Crippen LogP contribution >= 0.6 is 0 Å². The van der Waals surface area contributed by atoms with Crippen molar-refractivity contribution >= 4 is 5.91 Å². The molecule has 0 spiro atoms. The second-order valence-electron chi connectivity index (χ2n) is 4.96. The first-order valence-corrected chi connectivity index (χ1v) is 6.83. The van der Waals surface area contributed by atoms with Gasteiger partial charge in [-0.1, -0.05) is 6.92 Å². The van der Waals surface area contributed by atoms with Gasteiger partial charge >= 0.3 is 0 Å². The third kappa shape index (κ3) is 3.35. The van der Waals surface area contributed by atoms with Gasteiger partial charge < -0.3 is 14.6 Å². The summed E-state index contributed by atoms with van der Waals surface area (Å²) in [7, 11) is 0. The Morgan fingerprint density at radius 2 is 2.28 bits per heavy atom. The lowest BCUT2D eigenvalue weighted by molar-refractivity contribution is 0.0715. The topological polar surface area (TPSA) is 45.5 Å². The Bertz CT molecular complexity index is 356. The number of rotatable bonds is 5. The summed E-state index contributed by atoms with van der Waals surface area (Å²) in [6.45, 7) is 5.96. The summed E-state index contributed by atoms with van der Waals surface area (Å²) in [5.41, 5.74) is 0.664. The van der Waals surface area contributed by atoms with Crippen LogP contribution in [0, 0.1) is 5.92 Å². The van der Waals surface area contributed by atoms with Crippen molar-refractivity contribution in [3.63, 3.8) is 0 Å². The summed E-state index contributed by atoms with van der Waals surface area (Å²) in [5, 5.41) is 3.36. The van der Waals surface area contributed by atoms with E-state index in [1.54, 1.807) is 12.3 Å². The minimum absolute atomic E-state index is 0.101. The Morgan fingerprint density at radius 3 is 2.89 bits per heavy atom. The number of piperidine rings is 1. The van der Waals surface area contributed by atoms with Crippen molar-refractivity contribution in [2.75, 3.05) is 26.2 Å². The lowest BCUT2D eigenvalue weighted by atomic mass is 9.97. The number of carbonyl (C=O) groups is 1. The van der Waals surface area contributed by atoms with Gasteiger partial charge in [0.1, 0.15) is 6.26 Å². The molecule has 1 saturated heterocycles. The predicted octanol–water partition coefficient (Wildman–Crippen LogP) is 2.13. The van der Waals surface area contributed by atoms with Crippen LogP contribution in [-0.2, 0) is 0 Å². The summed E-state index contributed by atoms with van der Waals surface area (Å²) in [6, 6.07) is 1.74. The second kappa shape index (κ2) is 6.59. The highest BCUT2D eigenvalue weighted by Crippen LogP contribution is 2.16. The van der Waals surface area contributed by atoms with Gasteiger partial charge in [0.2, 0.25) is 0 Å². The normalized spacial score (nSPS) is 16.7. The van der Waals surface area contributed by atoms with Crippen LogP contribution < -0.4 is 5.32 Å². The molecule has 1 amide bonds. The van der Waals surface area contributed by atoms with Crippen LogP contribution in [0.1, 0.15) is 36.5 Å². The summed E-state index contributed by atoms with van der Waals surface area (Å²) >= 11 is 0. The molecule has 0 bridgehead atoms. The molecular formula is C14H22N2O2. The molecule has 1 aliphatic heterocycles. The van der Waals surface area contributed by atoms with Crippen molar-refractivity contribution in [2.24, 2.45) is 5.92 Å². The average Bonchev–Trinajstić information content (AvgIpc) is 2.92.